The molecule has 31 heavy (non-hydrogen) atoms. The van der Waals surface area contributed by atoms with Gasteiger partial charge >= 0.3 is 0 Å². The van der Waals surface area contributed by atoms with Gasteiger partial charge in [-0.05, 0) is 36.6 Å². The monoisotopic (exact) mass is 417 g/mol. The summed E-state index contributed by atoms with van der Waals surface area (Å²) < 4.78 is 0. The Morgan fingerprint density at radius 2 is 1.68 bits per heavy atom. The number of anilines is 1. The van der Waals surface area contributed by atoms with Crippen LogP contribution in [0.5, 0.6) is 0 Å². The third-order valence-electron chi connectivity index (χ3n) is 6.58. The van der Waals surface area contributed by atoms with Gasteiger partial charge in [0.25, 0.3) is 5.91 Å². The van der Waals surface area contributed by atoms with Crippen molar-refractivity contribution in [3.8, 4) is 0 Å². The molecule has 2 aromatic carbocycles. The summed E-state index contributed by atoms with van der Waals surface area (Å²) >= 11 is 0. The maximum Gasteiger partial charge on any atom is 0.251 e. The van der Waals surface area contributed by atoms with Gasteiger partial charge in [-0.15, -0.1) is 0 Å². The fourth-order valence-corrected chi connectivity index (χ4v) is 4.77. The number of likely N-dealkylation sites (tertiary alicyclic amines) is 1. The van der Waals surface area contributed by atoms with Gasteiger partial charge < -0.3 is 10.2 Å². The van der Waals surface area contributed by atoms with Gasteiger partial charge in [-0.3, -0.25) is 14.5 Å². The molecule has 1 N–H and O–H groups in total. The Morgan fingerprint density at radius 1 is 1.03 bits per heavy atom. The predicted octanol–water partition coefficient (Wildman–Crippen LogP) is 3.76. The van der Waals surface area contributed by atoms with Gasteiger partial charge in [0.1, 0.15) is 0 Å². The zero-order valence-corrected chi connectivity index (χ0v) is 18.6. The number of hydrogen-bond donors (Lipinski definition) is 1. The van der Waals surface area contributed by atoms with Crippen LogP contribution in [0.15, 0.2) is 66.4 Å². The average Bonchev–Trinajstić information content (AvgIpc) is 2.96. The van der Waals surface area contributed by atoms with E-state index in [2.05, 4.69) is 47.2 Å². The van der Waals surface area contributed by atoms with E-state index >= 15 is 0 Å². The van der Waals surface area contributed by atoms with Gasteiger partial charge in [0.2, 0.25) is 0 Å². The number of rotatable bonds is 5. The molecule has 0 unspecified atom stereocenters. The smallest absolute Gasteiger partial charge is 0.251 e. The van der Waals surface area contributed by atoms with E-state index in [0.717, 1.165) is 31.6 Å². The third kappa shape index (κ3) is 4.42. The minimum absolute atomic E-state index is 0.0223. The number of benzene rings is 2. The highest BCUT2D eigenvalue weighted by Gasteiger charge is 2.38. The lowest BCUT2D eigenvalue weighted by molar-refractivity contribution is -0.116. The van der Waals surface area contributed by atoms with Gasteiger partial charge in [0.15, 0.2) is 5.78 Å². The molecule has 2 aromatic rings. The lowest BCUT2D eigenvalue weighted by atomic mass is 9.83. The van der Waals surface area contributed by atoms with E-state index in [0.29, 0.717) is 12.1 Å². The summed E-state index contributed by atoms with van der Waals surface area (Å²) in [5.74, 6) is 0.112. The number of nitrogens with one attached hydrogen (secondary N) is 1. The standard InChI is InChI=1S/C26H31N3O2/c1-26(2)22-11-7-8-12-23(22)28(3)24(26)17-21(30)18-29-15-13-20(14-16-29)27-25(31)19-9-5-4-6-10-19/h4-12,17,20H,13-16,18H2,1-3H3,(H,27,31). The molecule has 5 nitrogen and oxygen atoms in total. The Labute approximate surface area is 184 Å². The van der Waals surface area contributed by atoms with Crippen molar-refractivity contribution in [3.05, 3.63) is 77.5 Å². The zero-order chi connectivity index (χ0) is 22.0. The van der Waals surface area contributed by atoms with Gasteiger partial charge in [0.05, 0.1) is 6.54 Å². The van der Waals surface area contributed by atoms with E-state index < -0.39 is 0 Å². The van der Waals surface area contributed by atoms with Crippen LogP contribution in [0.1, 0.15) is 42.6 Å². The average molecular weight is 418 g/mol. The summed E-state index contributed by atoms with van der Waals surface area (Å²) in [4.78, 5) is 29.6. The fourth-order valence-electron chi connectivity index (χ4n) is 4.77. The highest BCUT2D eigenvalue weighted by molar-refractivity contribution is 5.94. The molecule has 2 heterocycles. The molecule has 0 saturated carbocycles. The minimum Gasteiger partial charge on any atom is -0.349 e. The first-order valence-electron chi connectivity index (χ1n) is 11.0. The van der Waals surface area contributed by atoms with Crippen LogP contribution in [0.25, 0.3) is 0 Å². The Hall–Kier alpha value is -2.92. The lowest BCUT2D eigenvalue weighted by Gasteiger charge is -2.32. The largest absolute Gasteiger partial charge is 0.349 e. The highest BCUT2D eigenvalue weighted by Crippen LogP contribution is 2.46. The molecule has 5 heteroatoms. The quantitative estimate of drug-likeness (QED) is 0.753. The molecule has 0 aromatic heterocycles. The van der Waals surface area contributed by atoms with Crippen LogP contribution >= 0.6 is 0 Å². The van der Waals surface area contributed by atoms with Crippen molar-refractivity contribution in [2.24, 2.45) is 0 Å². The number of nitrogens with zero attached hydrogens (tertiary/aromatic N) is 2. The van der Waals surface area contributed by atoms with Crippen LogP contribution in [-0.2, 0) is 10.2 Å². The summed E-state index contributed by atoms with van der Waals surface area (Å²) in [5, 5.41) is 3.13. The summed E-state index contributed by atoms with van der Waals surface area (Å²) in [7, 11) is 2.04. The first kappa shape index (κ1) is 21.3. The summed E-state index contributed by atoms with van der Waals surface area (Å²) in [6.07, 6.45) is 3.54. The molecule has 0 spiro atoms. The molecule has 0 atom stereocenters. The molecule has 2 aliphatic rings. The van der Waals surface area contributed by atoms with Crippen LogP contribution in [0.4, 0.5) is 5.69 Å². The first-order chi connectivity index (χ1) is 14.9. The lowest BCUT2D eigenvalue weighted by Crippen LogP contribution is -2.45. The van der Waals surface area contributed by atoms with Crippen molar-refractivity contribution in [2.75, 3.05) is 31.6 Å². The highest BCUT2D eigenvalue weighted by atomic mass is 16.1. The van der Waals surface area contributed by atoms with E-state index in [1.54, 1.807) is 0 Å². The number of para-hydroxylation sites is 1. The molecule has 1 saturated heterocycles. The molecular formula is C26H31N3O2. The normalized spacial score (nSPS) is 20.0. The van der Waals surface area contributed by atoms with Gasteiger partial charge in [0, 0.05) is 54.6 Å². The Balaban J connectivity index is 1.32. The maximum absolute atomic E-state index is 12.9. The number of carbonyl (C=O) groups is 2. The van der Waals surface area contributed by atoms with Crippen molar-refractivity contribution in [2.45, 2.75) is 38.1 Å². The maximum atomic E-state index is 12.9. The van der Waals surface area contributed by atoms with Crippen LogP contribution in [0, 0.1) is 0 Å². The van der Waals surface area contributed by atoms with E-state index in [-0.39, 0.29) is 23.1 Å². The molecule has 1 amide bonds. The molecule has 2 aliphatic heterocycles. The predicted molar refractivity (Wildman–Crippen MR) is 124 cm³/mol. The number of allylic oxidation sites excluding steroid dienone is 1. The molecule has 162 valence electrons. The van der Waals surface area contributed by atoms with Crippen molar-refractivity contribution in [1.29, 1.82) is 0 Å². The number of likely N-dealkylation sites (N-methyl/N-ethyl adjacent to an activating group) is 1. The van der Waals surface area contributed by atoms with E-state index in [1.807, 2.05) is 49.5 Å². The van der Waals surface area contributed by atoms with Crippen LogP contribution in [0.3, 0.4) is 0 Å². The molecule has 4 rings (SSSR count). The molecular weight excluding hydrogens is 386 g/mol. The Bertz CT molecular complexity index is 989. The van der Waals surface area contributed by atoms with Crippen molar-refractivity contribution in [3.63, 3.8) is 0 Å². The molecule has 0 bridgehead atoms. The van der Waals surface area contributed by atoms with Crippen molar-refractivity contribution >= 4 is 17.4 Å². The first-order valence-corrected chi connectivity index (χ1v) is 11.0. The molecule has 0 aliphatic carbocycles. The second-order valence-corrected chi connectivity index (χ2v) is 9.09. The van der Waals surface area contributed by atoms with Crippen LogP contribution in [-0.4, -0.2) is 49.3 Å². The van der Waals surface area contributed by atoms with E-state index in [9.17, 15) is 9.59 Å². The Morgan fingerprint density at radius 3 is 2.35 bits per heavy atom. The van der Waals surface area contributed by atoms with Crippen LogP contribution in [0.2, 0.25) is 0 Å². The summed E-state index contributed by atoms with van der Waals surface area (Å²) in [5.41, 5.74) is 3.98. The second kappa shape index (κ2) is 8.67. The fraction of sp³-hybridized carbons (Fsp3) is 0.385. The number of ketones is 1. The third-order valence-corrected chi connectivity index (χ3v) is 6.58. The summed E-state index contributed by atoms with van der Waals surface area (Å²) in [6.45, 7) is 6.40. The van der Waals surface area contributed by atoms with Crippen LogP contribution < -0.4 is 10.2 Å². The van der Waals surface area contributed by atoms with Gasteiger partial charge in [-0.25, -0.2) is 0 Å². The number of amides is 1. The van der Waals surface area contributed by atoms with E-state index in [4.69, 9.17) is 0 Å². The molecule has 0 radical (unpaired) electrons. The van der Waals surface area contributed by atoms with Crippen molar-refractivity contribution < 1.29 is 9.59 Å². The zero-order valence-electron chi connectivity index (χ0n) is 18.6. The minimum atomic E-state index is -0.185. The molecule has 1 fully saturated rings. The van der Waals surface area contributed by atoms with E-state index in [1.165, 1.54) is 11.3 Å². The number of carbonyl (C=O) groups excluding carboxylic acids is 2. The number of fused-ring (bicyclic) bond motifs is 1. The number of piperidine rings is 1. The number of hydrogen-bond acceptors (Lipinski definition) is 4. The summed E-state index contributed by atoms with van der Waals surface area (Å²) in [6, 6.07) is 17.8. The SMILES string of the molecule is CN1C(=CC(=O)CN2CCC(NC(=O)c3ccccc3)CC2)C(C)(C)c2ccccc21. The van der Waals surface area contributed by atoms with Gasteiger partial charge in [-0.2, -0.15) is 0 Å². The Kier molecular flexibility index (Phi) is 5.96. The van der Waals surface area contributed by atoms with Crippen molar-refractivity contribution in [1.82, 2.24) is 10.2 Å². The van der Waals surface area contributed by atoms with Gasteiger partial charge in [-0.1, -0.05) is 50.2 Å². The topological polar surface area (TPSA) is 52.7 Å². The second-order valence-electron chi connectivity index (χ2n) is 9.09.